The van der Waals surface area contributed by atoms with Gasteiger partial charge < -0.3 is 5.32 Å². The van der Waals surface area contributed by atoms with Gasteiger partial charge in [0.15, 0.2) is 5.82 Å². The molecule has 0 saturated heterocycles. The Kier molecular flexibility index (Phi) is 3.27. The quantitative estimate of drug-likeness (QED) is 0.873. The average Bonchev–Trinajstić information content (AvgIpc) is 2.83. The second-order valence-corrected chi connectivity index (χ2v) is 6.07. The van der Waals surface area contributed by atoms with Crippen molar-refractivity contribution in [1.82, 2.24) is 14.8 Å². The molecule has 1 N–H and O–H groups in total. The number of fused-ring (bicyclic) bond motifs is 1. The van der Waals surface area contributed by atoms with Crippen LogP contribution in [-0.4, -0.2) is 21.3 Å². The molecule has 2 heterocycles. The molecule has 0 spiro atoms. The number of nitrogens with one attached hydrogen (secondary N) is 1. The van der Waals surface area contributed by atoms with Crippen LogP contribution in [0, 0.1) is 5.92 Å². The highest BCUT2D eigenvalue weighted by atomic mass is 15.4. The smallest absolute Gasteiger partial charge is 0.221 e. The minimum atomic E-state index is 0.414. The SMILES string of the molecule is CC(C)c1nc2n(n1)C(C1CCCCC1)CCN2. The zero-order valence-corrected chi connectivity index (χ0v) is 11.5. The summed E-state index contributed by atoms with van der Waals surface area (Å²) in [5.74, 6) is 3.22. The van der Waals surface area contributed by atoms with E-state index in [0.717, 1.165) is 24.2 Å². The summed E-state index contributed by atoms with van der Waals surface area (Å²) in [4.78, 5) is 4.64. The molecule has 1 saturated carbocycles. The molecule has 18 heavy (non-hydrogen) atoms. The van der Waals surface area contributed by atoms with E-state index in [4.69, 9.17) is 5.10 Å². The van der Waals surface area contributed by atoms with Gasteiger partial charge >= 0.3 is 0 Å². The standard InChI is InChI=1S/C14H24N4/c1-10(2)13-16-14-15-9-8-12(18(14)17-13)11-6-4-3-5-7-11/h10-12H,3-9H2,1-2H3,(H,15,16,17). The molecule has 1 aliphatic carbocycles. The van der Waals surface area contributed by atoms with Crippen LogP contribution in [0.25, 0.3) is 0 Å². The van der Waals surface area contributed by atoms with Crippen LogP contribution in [0.5, 0.6) is 0 Å². The Hall–Kier alpha value is -1.06. The number of rotatable bonds is 2. The Morgan fingerprint density at radius 1 is 1.17 bits per heavy atom. The fourth-order valence-electron chi connectivity index (χ4n) is 3.34. The van der Waals surface area contributed by atoms with Crippen LogP contribution >= 0.6 is 0 Å². The summed E-state index contributed by atoms with van der Waals surface area (Å²) in [5, 5.41) is 8.15. The second kappa shape index (κ2) is 4.90. The molecule has 100 valence electrons. The summed E-state index contributed by atoms with van der Waals surface area (Å²) in [7, 11) is 0. The maximum absolute atomic E-state index is 4.75. The average molecular weight is 248 g/mol. The Morgan fingerprint density at radius 3 is 2.67 bits per heavy atom. The summed E-state index contributed by atoms with van der Waals surface area (Å²) >= 11 is 0. The van der Waals surface area contributed by atoms with E-state index in [1.54, 1.807) is 0 Å². The predicted molar refractivity (Wildman–Crippen MR) is 72.8 cm³/mol. The van der Waals surface area contributed by atoms with Crippen LogP contribution in [0.2, 0.25) is 0 Å². The lowest BCUT2D eigenvalue weighted by Gasteiger charge is -2.33. The normalized spacial score (nSPS) is 24.9. The molecule has 0 bridgehead atoms. The van der Waals surface area contributed by atoms with Gasteiger partial charge in [-0.3, -0.25) is 0 Å². The maximum atomic E-state index is 4.75. The van der Waals surface area contributed by atoms with Crippen molar-refractivity contribution in [3.63, 3.8) is 0 Å². The molecular formula is C14H24N4. The van der Waals surface area contributed by atoms with Crippen molar-refractivity contribution in [2.75, 3.05) is 11.9 Å². The lowest BCUT2D eigenvalue weighted by atomic mass is 9.82. The number of anilines is 1. The monoisotopic (exact) mass is 248 g/mol. The minimum Gasteiger partial charge on any atom is -0.354 e. The van der Waals surface area contributed by atoms with Gasteiger partial charge in [0.25, 0.3) is 0 Å². The van der Waals surface area contributed by atoms with Crippen LogP contribution < -0.4 is 5.32 Å². The lowest BCUT2D eigenvalue weighted by molar-refractivity contribution is 0.221. The van der Waals surface area contributed by atoms with Crippen molar-refractivity contribution < 1.29 is 0 Å². The zero-order chi connectivity index (χ0) is 12.5. The molecule has 4 nitrogen and oxygen atoms in total. The van der Waals surface area contributed by atoms with Gasteiger partial charge in [0.05, 0.1) is 6.04 Å². The highest BCUT2D eigenvalue weighted by Crippen LogP contribution is 2.37. The zero-order valence-electron chi connectivity index (χ0n) is 11.5. The summed E-state index contributed by atoms with van der Waals surface area (Å²) in [6, 6.07) is 0.585. The van der Waals surface area contributed by atoms with Crippen molar-refractivity contribution in [2.45, 2.75) is 64.3 Å². The van der Waals surface area contributed by atoms with Gasteiger partial charge in [-0.05, 0) is 25.2 Å². The van der Waals surface area contributed by atoms with Gasteiger partial charge in [-0.15, -0.1) is 0 Å². The summed E-state index contributed by atoms with van der Waals surface area (Å²) in [6.07, 6.45) is 8.18. The third-order valence-electron chi connectivity index (χ3n) is 4.40. The van der Waals surface area contributed by atoms with Gasteiger partial charge in [0.1, 0.15) is 0 Å². The van der Waals surface area contributed by atoms with Gasteiger partial charge in [-0.1, -0.05) is 33.1 Å². The van der Waals surface area contributed by atoms with E-state index >= 15 is 0 Å². The Morgan fingerprint density at radius 2 is 1.94 bits per heavy atom. The first-order valence-corrected chi connectivity index (χ1v) is 7.46. The summed E-state index contributed by atoms with van der Waals surface area (Å²) < 4.78 is 2.19. The Balaban J connectivity index is 1.86. The van der Waals surface area contributed by atoms with Gasteiger partial charge in [-0.2, -0.15) is 10.1 Å². The first-order chi connectivity index (χ1) is 8.75. The molecule has 0 amide bonds. The third-order valence-corrected chi connectivity index (χ3v) is 4.40. The van der Waals surface area contributed by atoms with Crippen molar-refractivity contribution in [3.05, 3.63) is 5.82 Å². The molecule has 4 heteroatoms. The molecule has 1 aromatic heterocycles. The fourth-order valence-corrected chi connectivity index (χ4v) is 3.34. The van der Waals surface area contributed by atoms with Crippen molar-refractivity contribution in [1.29, 1.82) is 0 Å². The van der Waals surface area contributed by atoms with Crippen molar-refractivity contribution >= 4 is 5.95 Å². The highest BCUT2D eigenvalue weighted by molar-refractivity contribution is 5.28. The molecule has 1 atom stereocenters. The minimum absolute atomic E-state index is 0.414. The van der Waals surface area contributed by atoms with E-state index < -0.39 is 0 Å². The van der Waals surface area contributed by atoms with Crippen LogP contribution in [0.3, 0.4) is 0 Å². The van der Waals surface area contributed by atoms with Crippen LogP contribution in [0.4, 0.5) is 5.95 Å². The molecule has 3 rings (SSSR count). The Bertz CT molecular complexity index is 404. The predicted octanol–water partition coefficient (Wildman–Crippen LogP) is 3.34. The van der Waals surface area contributed by atoms with E-state index in [1.165, 1.54) is 38.5 Å². The molecule has 1 unspecified atom stereocenters. The Labute approximate surface area is 109 Å². The third kappa shape index (κ3) is 2.13. The number of hydrogen-bond donors (Lipinski definition) is 1. The lowest BCUT2D eigenvalue weighted by Crippen LogP contribution is -2.30. The van der Waals surface area contributed by atoms with E-state index in [-0.39, 0.29) is 0 Å². The molecule has 1 aromatic rings. The number of hydrogen-bond acceptors (Lipinski definition) is 3. The molecule has 0 aromatic carbocycles. The van der Waals surface area contributed by atoms with Crippen molar-refractivity contribution in [2.24, 2.45) is 5.92 Å². The topological polar surface area (TPSA) is 42.7 Å². The molecular weight excluding hydrogens is 224 g/mol. The van der Waals surface area contributed by atoms with Crippen molar-refractivity contribution in [3.8, 4) is 0 Å². The van der Waals surface area contributed by atoms with E-state index in [1.807, 2.05) is 0 Å². The van der Waals surface area contributed by atoms with Gasteiger partial charge in [0.2, 0.25) is 5.95 Å². The van der Waals surface area contributed by atoms with Crippen LogP contribution in [-0.2, 0) is 0 Å². The first kappa shape index (κ1) is 12.0. The number of aromatic nitrogens is 3. The molecule has 1 aliphatic heterocycles. The van der Waals surface area contributed by atoms with E-state index in [0.29, 0.717) is 12.0 Å². The fraction of sp³-hybridized carbons (Fsp3) is 0.857. The second-order valence-electron chi connectivity index (χ2n) is 6.07. The maximum Gasteiger partial charge on any atom is 0.221 e. The first-order valence-electron chi connectivity index (χ1n) is 7.46. The summed E-state index contributed by atoms with van der Waals surface area (Å²) in [5.41, 5.74) is 0. The van der Waals surface area contributed by atoms with Crippen LogP contribution in [0.1, 0.15) is 70.2 Å². The molecule has 0 radical (unpaired) electrons. The number of nitrogens with zero attached hydrogens (tertiary/aromatic N) is 3. The summed E-state index contributed by atoms with van der Waals surface area (Å²) in [6.45, 7) is 5.38. The van der Waals surface area contributed by atoms with Gasteiger partial charge in [0, 0.05) is 12.5 Å². The van der Waals surface area contributed by atoms with Crippen LogP contribution in [0.15, 0.2) is 0 Å². The van der Waals surface area contributed by atoms with E-state index in [2.05, 4.69) is 28.8 Å². The highest BCUT2D eigenvalue weighted by Gasteiger charge is 2.31. The molecule has 1 fully saturated rings. The largest absolute Gasteiger partial charge is 0.354 e. The van der Waals surface area contributed by atoms with E-state index in [9.17, 15) is 0 Å². The molecule has 2 aliphatic rings. The van der Waals surface area contributed by atoms with Gasteiger partial charge in [-0.25, -0.2) is 4.68 Å².